The molecule has 2 aromatic rings. The van der Waals surface area contributed by atoms with Crippen LogP contribution in [0.1, 0.15) is 33.1 Å². The van der Waals surface area contributed by atoms with Gasteiger partial charge in [-0.25, -0.2) is 9.97 Å². The number of aryl methyl sites for hydroxylation is 4. The molecular formula is C15H17N3O. The molecule has 0 aliphatic rings. The van der Waals surface area contributed by atoms with Gasteiger partial charge in [-0.15, -0.1) is 0 Å². The number of carbonyl (C=O) groups excluding carboxylic acids is 1. The summed E-state index contributed by atoms with van der Waals surface area (Å²) in [6, 6.07) is 7.68. The van der Waals surface area contributed by atoms with Gasteiger partial charge >= 0.3 is 0 Å². The molecule has 0 radical (unpaired) electrons. The molecule has 0 saturated carbocycles. The maximum Gasteiger partial charge on any atom is 0.259 e. The van der Waals surface area contributed by atoms with Gasteiger partial charge in [0.05, 0.1) is 17.0 Å². The topological polar surface area (TPSA) is 54.9 Å². The Kier molecular flexibility index (Phi) is 3.60. The average Bonchev–Trinajstić information content (AvgIpc) is 2.30. The van der Waals surface area contributed by atoms with Crippen LogP contribution in [-0.2, 0) is 0 Å². The molecule has 19 heavy (non-hydrogen) atoms. The fraction of sp³-hybridized carbons (Fsp3) is 0.267. The second-order valence-electron chi connectivity index (χ2n) is 4.64. The van der Waals surface area contributed by atoms with E-state index >= 15 is 0 Å². The average molecular weight is 255 g/mol. The predicted octanol–water partition coefficient (Wildman–Crippen LogP) is 2.96. The maximum atomic E-state index is 12.3. The lowest BCUT2D eigenvalue weighted by atomic mass is 10.1. The molecule has 4 nitrogen and oxygen atoms in total. The van der Waals surface area contributed by atoms with Gasteiger partial charge in [0.1, 0.15) is 5.82 Å². The van der Waals surface area contributed by atoms with Crippen LogP contribution in [0.2, 0.25) is 0 Å². The summed E-state index contributed by atoms with van der Waals surface area (Å²) in [6.45, 7) is 7.48. The number of amides is 1. The lowest BCUT2D eigenvalue weighted by Gasteiger charge is -2.10. The van der Waals surface area contributed by atoms with Gasteiger partial charge in [0.25, 0.3) is 5.91 Å². The molecule has 1 aromatic carbocycles. The van der Waals surface area contributed by atoms with Crippen LogP contribution in [0.5, 0.6) is 0 Å². The SMILES string of the molecule is Cc1ccc(NC(=O)c2c(C)nc(C)nc2C)cc1. The van der Waals surface area contributed by atoms with Gasteiger partial charge in [-0.05, 0) is 39.8 Å². The third-order valence-electron chi connectivity index (χ3n) is 2.92. The van der Waals surface area contributed by atoms with Gasteiger partial charge in [-0.1, -0.05) is 17.7 Å². The fourth-order valence-corrected chi connectivity index (χ4v) is 2.04. The van der Waals surface area contributed by atoms with Crippen LogP contribution in [0.15, 0.2) is 24.3 Å². The minimum Gasteiger partial charge on any atom is -0.322 e. The first-order valence-electron chi connectivity index (χ1n) is 6.17. The van der Waals surface area contributed by atoms with Crippen molar-refractivity contribution in [2.45, 2.75) is 27.7 Å². The Bertz CT molecular complexity index is 595. The van der Waals surface area contributed by atoms with E-state index < -0.39 is 0 Å². The van der Waals surface area contributed by atoms with Crippen molar-refractivity contribution >= 4 is 11.6 Å². The van der Waals surface area contributed by atoms with E-state index in [9.17, 15) is 4.79 Å². The zero-order valence-corrected chi connectivity index (χ0v) is 11.6. The minimum absolute atomic E-state index is 0.168. The number of hydrogen-bond acceptors (Lipinski definition) is 3. The van der Waals surface area contributed by atoms with Crippen LogP contribution >= 0.6 is 0 Å². The molecule has 0 atom stereocenters. The second-order valence-corrected chi connectivity index (χ2v) is 4.64. The summed E-state index contributed by atoms with van der Waals surface area (Å²) in [5, 5.41) is 2.87. The molecule has 1 amide bonds. The highest BCUT2D eigenvalue weighted by atomic mass is 16.1. The Hall–Kier alpha value is -2.23. The summed E-state index contributed by atoms with van der Waals surface area (Å²) in [7, 11) is 0. The zero-order valence-electron chi connectivity index (χ0n) is 11.6. The second kappa shape index (κ2) is 5.18. The lowest BCUT2D eigenvalue weighted by Crippen LogP contribution is -2.17. The molecule has 1 N–H and O–H groups in total. The van der Waals surface area contributed by atoms with Gasteiger partial charge in [-0.3, -0.25) is 4.79 Å². The molecule has 1 aromatic heterocycles. The third kappa shape index (κ3) is 2.96. The Morgan fingerprint density at radius 2 is 1.47 bits per heavy atom. The van der Waals surface area contributed by atoms with E-state index in [4.69, 9.17) is 0 Å². The highest BCUT2D eigenvalue weighted by Gasteiger charge is 2.15. The molecule has 0 spiro atoms. The van der Waals surface area contributed by atoms with Gasteiger partial charge in [-0.2, -0.15) is 0 Å². The smallest absolute Gasteiger partial charge is 0.259 e. The fourth-order valence-electron chi connectivity index (χ4n) is 2.04. The van der Waals surface area contributed by atoms with Gasteiger partial charge in [0.15, 0.2) is 0 Å². The van der Waals surface area contributed by atoms with E-state index in [1.54, 1.807) is 0 Å². The van der Waals surface area contributed by atoms with Crippen LogP contribution in [0.25, 0.3) is 0 Å². The summed E-state index contributed by atoms with van der Waals surface area (Å²) >= 11 is 0. The van der Waals surface area contributed by atoms with E-state index in [1.165, 1.54) is 0 Å². The summed E-state index contributed by atoms with van der Waals surface area (Å²) < 4.78 is 0. The van der Waals surface area contributed by atoms with E-state index in [2.05, 4.69) is 15.3 Å². The van der Waals surface area contributed by atoms with E-state index in [-0.39, 0.29) is 5.91 Å². The molecule has 0 unspecified atom stereocenters. The first-order chi connectivity index (χ1) is 8.97. The number of rotatable bonds is 2. The molecule has 0 fully saturated rings. The Morgan fingerprint density at radius 3 is 2.00 bits per heavy atom. The largest absolute Gasteiger partial charge is 0.322 e. The number of nitrogens with one attached hydrogen (secondary N) is 1. The van der Waals surface area contributed by atoms with Crippen molar-refractivity contribution in [1.82, 2.24) is 9.97 Å². The molecule has 1 heterocycles. The standard InChI is InChI=1S/C15H17N3O/c1-9-5-7-13(8-6-9)18-15(19)14-10(2)16-12(4)17-11(14)3/h5-8H,1-4H3,(H,18,19). The van der Waals surface area contributed by atoms with Crippen molar-refractivity contribution in [1.29, 1.82) is 0 Å². The van der Waals surface area contributed by atoms with Crippen LogP contribution in [-0.4, -0.2) is 15.9 Å². The van der Waals surface area contributed by atoms with Crippen LogP contribution < -0.4 is 5.32 Å². The van der Waals surface area contributed by atoms with Gasteiger partial charge in [0.2, 0.25) is 0 Å². The Balaban J connectivity index is 2.28. The zero-order chi connectivity index (χ0) is 14.0. The van der Waals surface area contributed by atoms with Crippen LogP contribution in [0, 0.1) is 27.7 Å². The molecule has 4 heteroatoms. The summed E-state index contributed by atoms with van der Waals surface area (Å²) in [5.74, 6) is 0.515. The highest BCUT2D eigenvalue weighted by Crippen LogP contribution is 2.14. The van der Waals surface area contributed by atoms with Crippen LogP contribution in [0.4, 0.5) is 5.69 Å². The van der Waals surface area contributed by atoms with Crippen molar-refractivity contribution in [3.63, 3.8) is 0 Å². The molecule has 0 aliphatic carbocycles. The van der Waals surface area contributed by atoms with E-state index in [1.807, 2.05) is 52.0 Å². The summed E-state index contributed by atoms with van der Waals surface area (Å²) in [5.41, 5.74) is 3.88. The number of nitrogens with zero attached hydrogens (tertiary/aromatic N) is 2. The summed E-state index contributed by atoms with van der Waals surface area (Å²) in [4.78, 5) is 20.7. The Morgan fingerprint density at radius 1 is 0.947 bits per heavy atom. The molecule has 0 aliphatic heterocycles. The molecule has 2 rings (SSSR count). The normalized spacial score (nSPS) is 10.3. The van der Waals surface area contributed by atoms with Crippen molar-refractivity contribution in [3.8, 4) is 0 Å². The van der Waals surface area contributed by atoms with E-state index in [0.717, 1.165) is 11.3 Å². The van der Waals surface area contributed by atoms with E-state index in [0.29, 0.717) is 22.8 Å². The lowest BCUT2D eigenvalue weighted by molar-refractivity contribution is 0.102. The highest BCUT2D eigenvalue weighted by molar-refractivity contribution is 6.05. The number of aromatic nitrogens is 2. The number of anilines is 1. The Labute approximate surface area is 112 Å². The van der Waals surface area contributed by atoms with Crippen molar-refractivity contribution < 1.29 is 4.79 Å². The number of carbonyl (C=O) groups is 1. The molecular weight excluding hydrogens is 238 g/mol. The van der Waals surface area contributed by atoms with Crippen molar-refractivity contribution in [3.05, 3.63) is 52.6 Å². The number of hydrogen-bond donors (Lipinski definition) is 1. The number of benzene rings is 1. The minimum atomic E-state index is -0.168. The molecule has 0 saturated heterocycles. The van der Waals surface area contributed by atoms with Crippen molar-refractivity contribution in [2.75, 3.05) is 5.32 Å². The van der Waals surface area contributed by atoms with Crippen molar-refractivity contribution in [2.24, 2.45) is 0 Å². The quantitative estimate of drug-likeness (QED) is 0.897. The summed E-state index contributed by atoms with van der Waals surface area (Å²) in [6.07, 6.45) is 0. The first kappa shape index (κ1) is 13.2. The van der Waals surface area contributed by atoms with Crippen LogP contribution in [0.3, 0.4) is 0 Å². The predicted molar refractivity (Wildman–Crippen MR) is 75.4 cm³/mol. The molecule has 98 valence electrons. The molecule has 0 bridgehead atoms. The third-order valence-corrected chi connectivity index (χ3v) is 2.92. The first-order valence-corrected chi connectivity index (χ1v) is 6.17. The monoisotopic (exact) mass is 255 g/mol. The van der Waals surface area contributed by atoms with Gasteiger partial charge in [0, 0.05) is 5.69 Å². The van der Waals surface area contributed by atoms with Gasteiger partial charge < -0.3 is 5.32 Å². The maximum absolute atomic E-state index is 12.3.